The Labute approximate surface area is 127 Å². The van der Waals surface area contributed by atoms with Gasteiger partial charge in [-0.1, -0.05) is 6.07 Å². The first-order chi connectivity index (χ1) is 10.2. The Balaban J connectivity index is 2.22. The lowest BCUT2D eigenvalue weighted by Gasteiger charge is -2.14. The number of anilines is 1. The van der Waals surface area contributed by atoms with Gasteiger partial charge in [0.25, 0.3) is 0 Å². The van der Waals surface area contributed by atoms with Gasteiger partial charge in [0.1, 0.15) is 5.82 Å². The lowest BCUT2D eigenvalue weighted by atomic mass is 10.2. The molecule has 0 fully saturated rings. The third-order valence-electron chi connectivity index (χ3n) is 2.96. The summed E-state index contributed by atoms with van der Waals surface area (Å²) in [7, 11) is 3.21. The largest absolute Gasteiger partial charge is 0.493 e. The molecule has 112 valence electrons. The number of rotatable bonds is 6. The van der Waals surface area contributed by atoms with Crippen molar-refractivity contribution >= 4 is 17.6 Å². The zero-order valence-corrected chi connectivity index (χ0v) is 13.0. The van der Waals surface area contributed by atoms with E-state index in [1.807, 2.05) is 18.4 Å². The van der Waals surface area contributed by atoms with Gasteiger partial charge in [0.2, 0.25) is 5.95 Å². The van der Waals surface area contributed by atoms with E-state index in [2.05, 4.69) is 10.3 Å². The van der Waals surface area contributed by atoms with Gasteiger partial charge in [0, 0.05) is 11.4 Å². The van der Waals surface area contributed by atoms with Crippen LogP contribution in [0.25, 0.3) is 0 Å². The molecule has 1 N–H and O–H groups in total. The van der Waals surface area contributed by atoms with Crippen LogP contribution in [0.5, 0.6) is 11.5 Å². The standard InChI is InChI=1S/C15H17FN2O2S/c1-19-11-7-10(13(21-3)8-12(11)20-2)9-17-15-6-4-5-14(16)18-15/h4-8H,9H2,1-3H3,(H,17,18). The van der Waals surface area contributed by atoms with Crippen molar-refractivity contribution in [2.24, 2.45) is 0 Å². The van der Waals surface area contributed by atoms with Crippen molar-refractivity contribution in [1.82, 2.24) is 4.98 Å². The lowest BCUT2D eigenvalue weighted by Crippen LogP contribution is -2.04. The molecule has 1 aromatic heterocycles. The maximum atomic E-state index is 13.1. The van der Waals surface area contributed by atoms with E-state index < -0.39 is 5.95 Å². The van der Waals surface area contributed by atoms with Gasteiger partial charge in [0.15, 0.2) is 11.5 Å². The highest BCUT2D eigenvalue weighted by atomic mass is 32.2. The first kappa shape index (κ1) is 15.4. The molecule has 0 amide bonds. The highest BCUT2D eigenvalue weighted by Crippen LogP contribution is 2.34. The third kappa shape index (κ3) is 3.78. The van der Waals surface area contributed by atoms with Crippen molar-refractivity contribution in [3.05, 3.63) is 41.8 Å². The van der Waals surface area contributed by atoms with E-state index in [1.165, 1.54) is 6.07 Å². The van der Waals surface area contributed by atoms with E-state index >= 15 is 0 Å². The zero-order chi connectivity index (χ0) is 15.2. The molecule has 6 heteroatoms. The fraction of sp³-hybridized carbons (Fsp3) is 0.267. The molecule has 1 aromatic carbocycles. The Bertz CT molecular complexity index is 623. The predicted octanol–water partition coefficient (Wildman–Crippen LogP) is 3.57. The van der Waals surface area contributed by atoms with Gasteiger partial charge in [-0.2, -0.15) is 4.39 Å². The molecule has 0 saturated carbocycles. The number of thioether (sulfide) groups is 1. The van der Waals surface area contributed by atoms with Gasteiger partial charge < -0.3 is 14.8 Å². The second-order valence-electron chi connectivity index (χ2n) is 4.22. The van der Waals surface area contributed by atoms with Crippen LogP contribution in [0, 0.1) is 5.95 Å². The van der Waals surface area contributed by atoms with Crippen LogP contribution in [-0.4, -0.2) is 25.5 Å². The van der Waals surface area contributed by atoms with Crippen LogP contribution in [0.15, 0.2) is 35.2 Å². The Kier molecular flexibility index (Phi) is 5.27. The van der Waals surface area contributed by atoms with Crippen LogP contribution < -0.4 is 14.8 Å². The van der Waals surface area contributed by atoms with E-state index in [0.29, 0.717) is 23.9 Å². The van der Waals surface area contributed by atoms with Gasteiger partial charge in [-0.25, -0.2) is 4.98 Å². The van der Waals surface area contributed by atoms with Crippen molar-refractivity contribution in [3.63, 3.8) is 0 Å². The molecular weight excluding hydrogens is 291 g/mol. The first-order valence-electron chi connectivity index (χ1n) is 6.33. The molecule has 1 heterocycles. The average molecular weight is 308 g/mol. The van der Waals surface area contributed by atoms with Gasteiger partial charge in [-0.05, 0) is 36.1 Å². The molecule has 0 radical (unpaired) electrons. The van der Waals surface area contributed by atoms with Crippen LogP contribution >= 0.6 is 11.8 Å². The monoisotopic (exact) mass is 308 g/mol. The maximum absolute atomic E-state index is 13.1. The highest BCUT2D eigenvalue weighted by molar-refractivity contribution is 7.98. The van der Waals surface area contributed by atoms with Crippen molar-refractivity contribution < 1.29 is 13.9 Å². The smallest absolute Gasteiger partial charge is 0.214 e. The molecule has 2 aromatic rings. The topological polar surface area (TPSA) is 43.4 Å². The maximum Gasteiger partial charge on any atom is 0.214 e. The zero-order valence-electron chi connectivity index (χ0n) is 12.1. The number of pyridine rings is 1. The van der Waals surface area contributed by atoms with Crippen LogP contribution in [0.4, 0.5) is 10.2 Å². The molecule has 0 spiro atoms. The fourth-order valence-corrected chi connectivity index (χ4v) is 2.54. The summed E-state index contributed by atoms with van der Waals surface area (Å²) in [6, 6.07) is 8.50. The van der Waals surface area contributed by atoms with Crippen molar-refractivity contribution in [2.45, 2.75) is 11.4 Å². The molecule has 2 rings (SSSR count). The number of benzene rings is 1. The quantitative estimate of drug-likeness (QED) is 0.653. The molecule has 4 nitrogen and oxygen atoms in total. The summed E-state index contributed by atoms with van der Waals surface area (Å²) in [4.78, 5) is 4.85. The van der Waals surface area contributed by atoms with E-state index in [1.54, 1.807) is 38.1 Å². The Morgan fingerprint density at radius 3 is 2.52 bits per heavy atom. The van der Waals surface area contributed by atoms with Crippen molar-refractivity contribution in [2.75, 3.05) is 25.8 Å². The van der Waals surface area contributed by atoms with Gasteiger partial charge in [-0.3, -0.25) is 0 Å². The van der Waals surface area contributed by atoms with Crippen LogP contribution in [0.1, 0.15) is 5.56 Å². The minimum absolute atomic E-state index is 0.497. The molecule has 0 aliphatic heterocycles. The summed E-state index contributed by atoms with van der Waals surface area (Å²) in [5.41, 5.74) is 1.03. The van der Waals surface area contributed by atoms with Gasteiger partial charge >= 0.3 is 0 Å². The van der Waals surface area contributed by atoms with E-state index in [4.69, 9.17) is 9.47 Å². The summed E-state index contributed by atoms with van der Waals surface area (Å²) in [5, 5.41) is 3.10. The molecule has 0 saturated heterocycles. The predicted molar refractivity (Wildman–Crippen MR) is 82.8 cm³/mol. The number of ether oxygens (including phenoxy) is 2. The molecule has 0 aliphatic carbocycles. The summed E-state index contributed by atoms with van der Waals surface area (Å²) < 4.78 is 23.7. The first-order valence-corrected chi connectivity index (χ1v) is 7.55. The van der Waals surface area contributed by atoms with Gasteiger partial charge in [-0.15, -0.1) is 11.8 Å². The second-order valence-corrected chi connectivity index (χ2v) is 5.07. The Morgan fingerprint density at radius 2 is 1.90 bits per heavy atom. The van der Waals surface area contributed by atoms with E-state index in [0.717, 1.165) is 10.5 Å². The fourth-order valence-electron chi connectivity index (χ4n) is 1.92. The Morgan fingerprint density at radius 1 is 1.19 bits per heavy atom. The number of aromatic nitrogens is 1. The Hall–Kier alpha value is -1.95. The lowest BCUT2D eigenvalue weighted by molar-refractivity contribution is 0.353. The average Bonchev–Trinajstić information content (AvgIpc) is 2.52. The number of hydrogen-bond acceptors (Lipinski definition) is 5. The number of nitrogens with zero attached hydrogens (tertiary/aromatic N) is 1. The minimum Gasteiger partial charge on any atom is -0.493 e. The van der Waals surface area contributed by atoms with Crippen LogP contribution in [-0.2, 0) is 6.54 Å². The molecule has 0 atom stereocenters. The number of nitrogens with one attached hydrogen (secondary N) is 1. The summed E-state index contributed by atoms with van der Waals surface area (Å²) >= 11 is 1.61. The summed E-state index contributed by atoms with van der Waals surface area (Å²) in [6.45, 7) is 0.521. The number of halogens is 1. The molecule has 0 unspecified atom stereocenters. The summed E-state index contributed by atoms with van der Waals surface area (Å²) in [5.74, 6) is 1.35. The van der Waals surface area contributed by atoms with Crippen molar-refractivity contribution in [1.29, 1.82) is 0 Å². The summed E-state index contributed by atoms with van der Waals surface area (Å²) in [6.07, 6.45) is 1.99. The second kappa shape index (κ2) is 7.17. The van der Waals surface area contributed by atoms with E-state index in [-0.39, 0.29) is 0 Å². The molecule has 0 aliphatic rings. The molecule has 21 heavy (non-hydrogen) atoms. The normalized spacial score (nSPS) is 10.3. The number of methoxy groups -OCH3 is 2. The van der Waals surface area contributed by atoms with Crippen LogP contribution in [0.2, 0.25) is 0 Å². The third-order valence-corrected chi connectivity index (χ3v) is 3.78. The minimum atomic E-state index is -0.502. The molecule has 0 bridgehead atoms. The van der Waals surface area contributed by atoms with Crippen LogP contribution in [0.3, 0.4) is 0 Å². The van der Waals surface area contributed by atoms with Crippen molar-refractivity contribution in [3.8, 4) is 11.5 Å². The molecular formula is C15H17FN2O2S. The van der Waals surface area contributed by atoms with E-state index in [9.17, 15) is 4.39 Å². The van der Waals surface area contributed by atoms with Gasteiger partial charge in [0.05, 0.1) is 14.2 Å². The SMILES string of the molecule is COc1cc(CNc2cccc(F)n2)c(SC)cc1OC. The highest BCUT2D eigenvalue weighted by Gasteiger charge is 2.10. The number of hydrogen-bond donors (Lipinski definition) is 1.